The molecular weight excluding hydrogens is 680 g/mol. The van der Waals surface area contributed by atoms with Crippen LogP contribution >= 0.6 is 0 Å². The fourth-order valence-electron chi connectivity index (χ4n) is 5.82. The van der Waals surface area contributed by atoms with E-state index < -0.39 is 71.2 Å². The largest absolute Gasteiger partial charge is 0.458 e. The van der Waals surface area contributed by atoms with Crippen LogP contribution in [0.1, 0.15) is 149 Å². The van der Waals surface area contributed by atoms with Crippen LogP contribution in [0.15, 0.2) is 24.3 Å². The Hall–Kier alpha value is -1.87. The van der Waals surface area contributed by atoms with E-state index in [9.17, 15) is 37.9 Å². The monoisotopic (exact) mass is 748 g/mol. The zero-order valence-electron chi connectivity index (χ0n) is 31.2. The zero-order chi connectivity index (χ0) is 37.7. The highest BCUT2D eigenvalue weighted by Gasteiger charge is 2.46. The molecule has 0 aromatic rings. The predicted molar refractivity (Wildman–Crippen MR) is 196 cm³/mol. The summed E-state index contributed by atoms with van der Waals surface area (Å²) in [6.45, 7) is 3.58. The van der Waals surface area contributed by atoms with Gasteiger partial charge in [0, 0.05) is 12.5 Å². The van der Waals surface area contributed by atoms with Gasteiger partial charge in [-0.25, -0.2) is 4.79 Å². The van der Waals surface area contributed by atoms with Crippen molar-refractivity contribution in [2.45, 2.75) is 185 Å². The first kappa shape index (κ1) is 47.2. The van der Waals surface area contributed by atoms with Gasteiger partial charge >= 0.3 is 11.9 Å². The molecule has 1 rings (SSSR count). The van der Waals surface area contributed by atoms with Crippen LogP contribution in [-0.2, 0) is 38.7 Å². The van der Waals surface area contributed by atoms with Crippen LogP contribution in [0.3, 0.4) is 0 Å². The van der Waals surface area contributed by atoms with E-state index in [-0.39, 0.29) is 13.0 Å². The van der Waals surface area contributed by atoms with Gasteiger partial charge in [0.05, 0.1) is 6.61 Å². The minimum absolute atomic E-state index is 0.146. The van der Waals surface area contributed by atoms with Crippen molar-refractivity contribution < 1.29 is 56.8 Å². The number of carbonyl (C=O) groups excluding carboxylic acids is 2. The number of rotatable bonds is 31. The second-order valence-corrected chi connectivity index (χ2v) is 15.2. The number of aliphatic hydroxyl groups excluding tert-OH is 3. The molecule has 1 saturated heterocycles. The average Bonchev–Trinajstić information content (AvgIpc) is 3.09. The van der Waals surface area contributed by atoms with Crippen molar-refractivity contribution in [3.8, 4) is 0 Å². The molecule has 1 heterocycles. The first-order valence-corrected chi connectivity index (χ1v) is 21.0. The summed E-state index contributed by atoms with van der Waals surface area (Å²) in [7, 11) is -4.60. The van der Waals surface area contributed by atoms with E-state index in [0.717, 1.165) is 32.1 Å². The Bertz CT molecular complexity index is 1060. The normalized spacial score (nSPS) is 21.7. The van der Waals surface area contributed by atoms with E-state index in [4.69, 9.17) is 18.9 Å². The molecule has 4 N–H and O–H groups in total. The summed E-state index contributed by atoms with van der Waals surface area (Å²) in [5.41, 5.74) is 0. The molecule has 0 saturated carbocycles. The molecule has 0 aromatic heterocycles. The minimum Gasteiger partial charge on any atom is -0.458 e. The summed E-state index contributed by atoms with van der Waals surface area (Å²) < 4.78 is 53.5. The number of allylic oxidation sites excluding steroid dienone is 3. The number of aliphatic hydroxyl groups is 3. The van der Waals surface area contributed by atoms with Crippen LogP contribution < -0.4 is 0 Å². The Morgan fingerprint density at radius 3 is 1.78 bits per heavy atom. The van der Waals surface area contributed by atoms with Crippen molar-refractivity contribution in [1.82, 2.24) is 0 Å². The molecule has 12 nitrogen and oxygen atoms in total. The fraction of sp³-hybridized carbons (Fsp3) is 0.842. The van der Waals surface area contributed by atoms with Gasteiger partial charge in [0.25, 0.3) is 10.1 Å². The van der Waals surface area contributed by atoms with Gasteiger partial charge in [-0.3, -0.25) is 9.35 Å². The first-order valence-electron chi connectivity index (χ1n) is 19.4. The first-order chi connectivity index (χ1) is 24.5. The van der Waals surface area contributed by atoms with E-state index in [1.54, 1.807) is 12.2 Å². The summed E-state index contributed by atoms with van der Waals surface area (Å²) in [5, 5.41) is 30.7. The van der Waals surface area contributed by atoms with E-state index in [0.29, 0.717) is 6.42 Å². The summed E-state index contributed by atoms with van der Waals surface area (Å²) >= 11 is 0. The Labute approximate surface area is 307 Å². The quantitative estimate of drug-likeness (QED) is 0.0199. The number of hydrogen-bond acceptors (Lipinski definition) is 11. The van der Waals surface area contributed by atoms with Gasteiger partial charge in [0.15, 0.2) is 12.4 Å². The lowest BCUT2D eigenvalue weighted by Gasteiger charge is -2.40. The second kappa shape index (κ2) is 29.6. The van der Waals surface area contributed by atoms with Gasteiger partial charge in [-0.05, 0) is 19.3 Å². The second-order valence-electron chi connectivity index (χ2n) is 13.7. The van der Waals surface area contributed by atoms with Crippen LogP contribution in [0, 0.1) is 0 Å². The summed E-state index contributed by atoms with van der Waals surface area (Å²) in [6.07, 6.45) is 20.3. The highest BCUT2D eigenvalue weighted by atomic mass is 32.2. The lowest BCUT2D eigenvalue weighted by Crippen LogP contribution is -2.60. The molecule has 1 fully saturated rings. The Morgan fingerprint density at radius 1 is 0.706 bits per heavy atom. The number of esters is 2. The fourth-order valence-corrected chi connectivity index (χ4v) is 6.52. The van der Waals surface area contributed by atoms with Gasteiger partial charge in [0.2, 0.25) is 0 Å². The van der Waals surface area contributed by atoms with Gasteiger partial charge in [0.1, 0.15) is 36.8 Å². The molecule has 1 aliphatic rings. The van der Waals surface area contributed by atoms with Crippen molar-refractivity contribution >= 4 is 22.1 Å². The van der Waals surface area contributed by atoms with Crippen LogP contribution in [0.2, 0.25) is 0 Å². The Balaban J connectivity index is 2.55. The SMILES string of the molecule is CCCCCCCCCCCCC/C=C/C=C/C(=O)OC[C@H](CO[C@H]1O[C@H](CS(=O)(=O)O)[C@@H](O)C(O)C1O)OC(=O)CCCCCCCCCC. The number of unbranched alkanes of at least 4 members (excludes halogenated alkanes) is 18. The smallest absolute Gasteiger partial charge is 0.330 e. The van der Waals surface area contributed by atoms with Gasteiger partial charge < -0.3 is 34.3 Å². The maximum Gasteiger partial charge on any atom is 0.330 e. The third-order valence-electron chi connectivity index (χ3n) is 8.89. The standard InChI is InChI=1S/C38H68O12S/c1-3-5-7-9-11-13-14-15-16-17-18-19-21-22-24-26-33(39)47-28-31(49-34(40)27-25-23-20-12-10-8-6-4-2)29-48-38-37(43)36(42)35(41)32(50-38)30-51(44,45)46/h21-22,24,26,31-32,35-38,41-43H,3-20,23,25,27-30H2,1-2H3,(H,44,45,46)/b22-21+,26-24+/t31-,32-,35-,36?,37?,38+/m1/s1. The molecule has 13 heteroatoms. The molecule has 0 spiro atoms. The van der Waals surface area contributed by atoms with Crippen LogP contribution in [0.5, 0.6) is 0 Å². The molecule has 1 aliphatic heterocycles. The number of carbonyl (C=O) groups is 2. The lowest BCUT2D eigenvalue weighted by atomic mass is 10.00. The van der Waals surface area contributed by atoms with Gasteiger partial charge in [-0.15, -0.1) is 0 Å². The molecule has 2 unspecified atom stereocenters. The van der Waals surface area contributed by atoms with Crippen LogP contribution in [0.25, 0.3) is 0 Å². The van der Waals surface area contributed by atoms with Crippen molar-refractivity contribution in [1.29, 1.82) is 0 Å². The van der Waals surface area contributed by atoms with Crippen LogP contribution in [-0.4, -0.2) is 96.0 Å². The predicted octanol–water partition coefficient (Wildman–Crippen LogP) is 6.50. The molecule has 0 bridgehead atoms. The van der Waals surface area contributed by atoms with Crippen molar-refractivity contribution in [3.63, 3.8) is 0 Å². The molecule has 0 amide bonds. The average molecular weight is 749 g/mol. The number of ether oxygens (including phenoxy) is 4. The Morgan fingerprint density at radius 2 is 1.24 bits per heavy atom. The van der Waals surface area contributed by atoms with E-state index >= 15 is 0 Å². The maximum absolute atomic E-state index is 12.6. The molecular formula is C38H68O12S. The summed E-state index contributed by atoms with van der Waals surface area (Å²) in [4.78, 5) is 25.0. The van der Waals surface area contributed by atoms with Crippen molar-refractivity contribution in [3.05, 3.63) is 24.3 Å². The van der Waals surface area contributed by atoms with E-state index in [2.05, 4.69) is 13.8 Å². The highest BCUT2D eigenvalue weighted by molar-refractivity contribution is 7.85. The molecule has 51 heavy (non-hydrogen) atoms. The zero-order valence-corrected chi connectivity index (χ0v) is 32.0. The van der Waals surface area contributed by atoms with Crippen molar-refractivity contribution in [2.75, 3.05) is 19.0 Å². The van der Waals surface area contributed by atoms with Crippen molar-refractivity contribution in [2.24, 2.45) is 0 Å². The van der Waals surface area contributed by atoms with Gasteiger partial charge in [-0.1, -0.05) is 141 Å². The molecule has 6 atom stereocenters. The summed E-state index contributed by atoms with van der Waals surface area (Å²) in [5.74, 6) is -2.25. The summed E-state index contributed by atoms with van der Waals surface area (Å²) in [6, 6.07) is 0. The minimum atomic E-state index is -4.60. The van der Waals surface area contributed by atoms with E-state index in [1.165, 1.54) is 96.0 Å². The van der Waals surface area contributed by atoms with Crippen LogP contribution in [0.4, 0.5) is 0 Å². The highest BCUT2D eigenvalue weighted by Crippen LogP contribution is 2.24. The lowest BCUT2D eigenvalue weighted by molar-refractivity contribution is -0.297. The molecule has 0 radical (unpaired) electrons. The topological polar surface area (TPSA) is 186 Å². The number of hydrogen-bond donors (Lipinski definition) is 4. The Kier molecular flexibility index (Phi) is 27.3. The maximum atomic E-state index is 12.6. The molecule has 0 aliphatic carbocycles. The molecule has 298 valence electrons. The third-order valence-corrected chi connectivity index (χ3v) is 9.64. The van der Waals surface area contributed by atoms with E-state index in [1.807, 2.05) is 6.08 Å². The third kappa shape index (κ3) is 24.9. The molecule has 0 aromatic carbocycles. The van der Waals surface area contributed by atoms with Gasteiger partial charge in [-0.2, -0.15) is 8.42 Å².